The maximum Gasteiger partial charge on any atom is 0.0544 e. The Labute approximate surface area is 386 Å². The Hall–Kier alpha value is -6.90. The number of fused-ring (bicyclic) bond motifs is 10. The number of para-hydroxylation sites is 2. The zero-order valence-electron chi connectivity index (χ0n) is 37.7. The summed E-state index contributed by atoms with van der Waals surface area (Å²) in [5.41, 5.74) is 13.7. The van der Waals surface area contributed by atoms with Crippen LogP contribution in [0.3, 0.4) is 0 Å². The van der Waals surface area contributed by atoms with E-state index in [1.807, 2.05) is 0 Å². The lowest BCUT2D eigenvalue weighted by molar-refractivity contribution is -0.0452. The summed E-state index contributed by atoms with van der Waals surface area (Å²) < 4.78 is 2.55. The normalized spacial score (nSPS) is 25.6. The number of allylic oxidation sites excluding steroid dienone is 1. The molecule has 0 aliphatic heterocycles. The molecule has 4 saturated carbocycles. The van der Waals surface area contributed by atoms with Crippen molar-refractivity contribution < 1.29 is 0 Å². The van der Waals surface area contributed by atoms with Gasteiger partial charge in [0.1, 0.15) is 0 Å². The highest BCUT2D eigenvalue weighted by atomic mass is 15.1. The zero-order valence-corrected chi connectivity index (χ0v) is 37.7. The lowest BCUT2D eigenvalue weighted by Gasteiger charge is -2.60. The minimum absolute atomic E-state index is 0.224. The number of rotatable bonds is 6. The molecule has 4 fully saturated rings. The Kier molecular flexibility index (Phi) is 7.55. The number of hydrogen-bond donors (Lipinski definition) is 0. The van der Waals surface area contributed by atoms with Gasteiger partial charge in [0.15, 0.2) is 0 Å². The van der Waals surface area contributed by atoms with Crippen LogP contribution in [0.5, 0.6) is 0 Å². The molecule has 0 amide bonds. The van der Waals surface area contributed by atoms with Crippen LogP contribution >= 0.6 is 0 Å². The molecule has 9 aromatic carbocycles. The summed E-state index contributed by atoms with van der Waals surface area (Å²) >= 11 is 0. The highest BCUT2D eigenvalue weighted by Crippen LogP contribution is 2.85. The van der Waals surface area contributed by atoms with Crippen molar-refractivity contribution in [2.45, 2.75) is 57.3 Å². The number of aromatic nitrogens is 1. The van der Waals surface area contributed by atoms with Gasteiger partial charge < -0.3 is 9.47 Å². The highest BCUT2D eigenvalue weighted by Gasteiger charge is 2.79. The molecule has 0 N–H and O–H groups in total. The molecule has 66 heavy (non-hydrogen) atoms. The third-order valence-electron chi connectivity index (χ3n) is 18.4. The van der Waals surface area contributed by atoms with Gasteiger partial charge in [-0.15, -0.1) is 0 Å². The SMILES string of the molecule is CC1CC=Cc2c1c1cc3ccccc3cc1n2-c1ccccc1-c1ccc(N(c2ccc3c4ccccc4c4ccccc4c3c2)c2ccccc2C23CC4C[C@@H]5CC(C2)[C@]3(C)[C@H]45)cc1. The van der Waals surface area contributed by atoms with Crippen molar-refractivity contribution in [2.24, 2.45) is 29.1 Å². The molecule has 0 radical (unpaired) electrons. The molecular formula is C64H52N2. The van der Waals surface area contributed by atoms with Gasteiger partial charge in [-0.25, -0.2) is 0 Å². The van der Waals surface area contributed by atoms with E-state index in [2.05, 4.69) is 211 Å². The molecule has 0 bridgehead atoms. The summed E-state index contributed by atoms with van der Waals surface area (Å²) in [5, 5.41) is 11.8. The molecule has 4 unspecified atom stereocenters. The first-order valence-electron chi connectivity index (χ1n) is 24.6. The first kappa shape index (κ1) is 37.3. The second kappa shape index (κ2) is 13.4. The van der Waals surface area contributed by atoms with Crippen molar-refractivity contribution in [2.75, 3.05) is 4.90 Å². The summed E-state index contributed by atoms with van der Waals surface area (Å²) in [7, 11) is 0. The maximum absolute atomic E-state index is 2.70. The Morgan fingerprint density at radius 1 is 0.561 bits per heavy atom. The van der Waals surface area contributed by atoms with E-state index in [1.165, 1.54) is 125 Å². The van der Waals surface area contributed by atoms with E-state index < -0.39 is 0 Å². The van der Waals surface area contributed by atoms with Crippen LogP contribution in [0.4, 0.5) is 17.1 Å². The van der Waals surface area contributed by atoms with Gasteiger partial charge in [-0.05, 0) is 181 Å². The number of nitrogens with zero attached hydrogens (tertiary/aromatic N) is 2. The van der Waals surface area contributed by atoms with Crippen molar-refractivity contribution in [3.8, 4) is 16.8 Å². The predicted octanol–water partition coefficient (Wildman–Crippen LogP) is 17.2. The first-order chi connectivity index (χ1) is 32.5. The van der Waals surface area contributed by atoms with Gasteiger partial charge in [-0.1, -0.05) is 147 Å². The van der Waals surface area contributed by atoms with Gasteiger partial charge >= 0.3 is 0 Å². The van der Waals surface area contributed by atoms with Crippen molar-refractivity contribution in [1.82, 2.24) is 4.57 Å². The monoisotopic (exact) mass is 848 g/mol. The summed E-state index contributed by atoms with van der Waals surface area (Å²) in [4.78, 5) is 2.62. The fraction of sp³-hybridized carbons (Fsp3) is 0.219. The molecule has 7 atom stereocenters. The largest absolute Gasteiger partial charge is 0.310 e. The quantitative estimate of drug-likeness (QED) is 0.151. The third-order valence-corrected chi connectivity index (χ3v) is 18.4. The standard InChI is InChI=1S/C64H52N2/c1-39-14-13-25-59-61(39)55-34-41-15-3-4-16-42(41)35-60(55)66(59)57-23-11-9-17-48(57)40-26-28-46(29-27-40)65(47-30-31-53-51-20-6-5-18-49(51)50-19-7-8-21-52(50)54(53)36-47)58-24-12-10-22-56(58)64-37-44-32-43-33-45(38-64)63(64,2)62(43)44/h3-13,15-31,34-36,39,43-45,62H,14,32-33,37-38H2,1-2H3/t39?,43-,44?,45?,62+,63-,64?/m1/s1. The molecule has 2 heteroatoms. The van der Waals surface area contributed by atoms with Crippen LogP contribution in [-0.4, -0.2) is 4.57 Å². The van der Waals surface area contributed by atoms with Gasteiger partial charge in [-0.2, -0.15) is 0 Å². The van der Waals surface area contributed by atoms with E-state index >= 15 is 0 Å². The molecule has 5 aliphatic carbocycles. The lowest BCUT2D eigenvalue weighted by atomic mass is 9.44. The summed E-state index contributed by atoms with van der Waals surface area (Å²) in [6.07, 6.45) is 11.4. The van der Waals surface area contributed by atoms with Crippen LogP contribution in [0.25, 0.3) is 76.9 Å². The van der Waals surface area contributed by atoms with Gasteiger partial charge in [0, 0.05) is 33.4 Å². The summed E-state index contributed by atoms with van der Waals surface area (Å²) in [6.45, 7) is 5.09. The maximum atomic E-state index is 2.70. The highest BCUT2D eigenvalue weighted by molar-refractivity contribution is 6.25. The molecule has 1 aromatic heterocycles. The number of benzene rings is 9. The van der Waals surface area contributed by atoms with Crippen LogP contribution in [0, 0.1) is 29.1 Å². The first-order valence-corrected chi connectivity index (χ1v) is 24.6. The van der Waals surface area contributed by atoms with Gasteiger partial charge in [0.05, 0.1) is 16.9 Å². The van der Waals surface area contributed by atoms with Gasteiger partial charge in [0.2, 0.25) is 0 Å². The second-order valence-electron chi connectivity index (χ2n) is 21.1. The second-order valence-corrected chi connectivity index (χ2v) is 21.1. The molecule has 318 valence electrons. The van der Waals surface area contributed by atoms with Crippen molar-refractivity contribution in [3.05, 3.63) is 199 Å². The number of hydrogen-bond acceptors (Lipinski definition) is 1. The van der Waals surface area contributed by atoms with E-state index in [1.54, 1.807) is 5.56 Å². The molecule has 0 spiro atoms. The predicted molar refractivity (Wildman–Crippen MR) is 278 cm³/mol. The molecule has 1 heterocycles. The molecule has 2 nitrogen and oxygen atoms in total. The van der Waals surface area contributed by atoms with Gasteiger partial charge in [-0.3, -0.25) is 0 Å². The molecular weight excluding hydrogens is 797 g/mol. The van der Waals surface area contributed by atoms with Crippen LogP contribution < -0.4 is 4.90 Å². The Bertz CT molecular complexity index is 3680. The Morgan fingerprint density at radius 2 is 1.21 bits per heavy atom. The minimum atomic E-state index is 0.224. The van der Waals surface area contributed by atoms with Crippen molar-refractivity contribution in [1.29, 1.82) is 0 Å². The van der Waals surface area contributed by atoms with Crippen LogP contribution in [0.15, 0.2) is 182 Å². The Balaban J connectivity index is 0.921. The number of anilines is 3. The lowest BCUT2D eigenvalue weighted by Crippen LogP contribution is -2.56. The average Bonchev–Trinajstić information content (AvgIpc) is 3.82. The van der Waals surface area contributed by atoms with Crippen molar-refractivity contribution in [3.63, 3.8) is 0 Å². The topological polar surface area (TPSA) is 8.17 Å². The van der Waals surface area contributed by atoms with E-state index in [0.29, 0.717) is 11.3 Å². The molecule has 0 saturated heterocycles. The van der Waals surface area contributed by atoms with E-state index in [9.17, 15) is 0 Å². The third kappa shape index (κ3) is 4.77. The summed E-state index contributed by atoms with van der Waals surface area (Å²) in [6, 6.07) is 67.2. The molecule has 5 aliphatic rings. The summed E-state index contributed by atoms with van der Waals surface area (Å²) in [5.74, 6) is 4.04. The Morgan fingerprint density at radius 3 is 2.00 bits per heavy atom. The van der Waals surface area contributed by atoms with Crippen LogP contribution in [0.2, 0.25) is 0 Å². The van der Waals surface area contributed by atoms with Gasteiger partial charge in [0.25, 0.3) is 0 Å². The smallest absolute Gasteiger partial charge is 0.0544 e. The molecule has 15 rings (SSSR count). The zero-order chi connectivity index (χ0) is 43.5. The fourth-order valence-electron chi connectivity index (χ4n) is 15.7. The van der Waals surface area contributed by atoms with E-state index in [4.69, 9.17) is 0 Å². The minimum Gasteiger partial charge on any atom is -0.310 e. The van der Waals surface area contributed by atoms with Crippen molar-refractivity contribution >= 4 is 77.1 Å². The van der Waals surface area contributed by atoms with E-state index in [-0.39, 0.29) is 5.41 Å². The van der Waals surface area contributed by atoms with Crippen LogP contribution in [-0.2, 0) is 5.41 Å². The van der Waals surface area contributed by atoms with E-state index in [0.717, 1.165) is 30.1 Å². The average molecular weight is 849 g/mol. The molecule has 10 aromatic rings. The van der Waals surface area contributed by atoms with Crippen LogP contribution in [0.1, 0.15) is 68.7 Å². The fourth-order valence-corrected chi connectivity index (χ4v) is 15.7.